The number of hydrogen-bond donors (Lipinski definition) is 0. The Hall–Kier alpha value is -11.0. The number of benzene rings is 12. The number of aryl methyl sites for hydroxylation is 9. The van der Waals surface area contributed by atoms with E-state index in [1.807, 2.05) is 0 Å². The van der Waals surface area contributed by atoms with Gasteiger partial charge in [0.05, 0.1) is 11.4 Å². The first-order valence-corrected chi connectivity index (χ1v) is 34.5. The minimum absolute atomic E-state index is 0.166. The van der Waals surface area contributed by atoms with Crippen LogP contribution < -0.4 is 62.2 Å². The Kier molecular flexibility index (Phi) is 14.3. The van der Waals surface area contributed by atoms with Crippen LogP contribution in [0.2, 0.25) is 0 Å². The van der Waals surface area contributed by atoms with E-state index in [0.29, 0.717) is 5.92 Å². The minimum Gasteiger partial charge on any atom is -0.312 e. The summed E-state index contributed by atoms with van der Waals surface area (Å²) >= 11 is 0. The number of allylic oxidation sites excluding steroid dienone is 3. The highest BCUT2D eigenvalue weighted by Gasteiger charge is 2.49. The predicted molar refractivity (Wildman–Crippen MR) is 416 cm³/mol. The van der Waals surface area contributed by atoms with Crippen LogP contribution in [0, 0.1) is 74.1 Å². The smallest absolute Gasteiger partial charge is 0.252 e. The van der Waals surface area contributed by atoms with Gasteiger partial charge in [-0.2, -0.15) is 0 Å². The average molecular weight is 1250 g/mol. The van der Waals surface area contributed by atoms with Crippen LogP contribution in [-0.4, -0.2) is 13.4 Å². The molecule has 0 N–H and O–H groups in total. The summed E-state index contributed by atoms with van der Waals surface area (Å²) in [5, 5.41) is 0. The van der Waals surface area contributed by atoms with Gasteiger partial charge in [0.1, 0.15) is 0 Å². The van der Waals surface area contributed by atoms with Gasteiger partial charge in [-0.1, -0.05) is 141 Å². The fourth-order valence-corrected chi connectivity index (χ4v) is 16.4. The van der Waals surface area contributed by atoms with E-state index in [9.17, 15) is 0 Å². The summed E-state index contributed by atoms with van der Waals surface area (Å²) in [6, 6.07) is 93.3. The summed E-state index contributed by atoms with van der Waals surface area (Å²) in [6.45, 7) is 24.4. The van der Waals surface area contributed by atoms with Gasteiger partial charge >= 0.3 is 0 Å². The van der Waals surface area contributed by atoms with Crippen LogP contribution in [0.1, 0.15) is 63.9 Å². The first-order chi connectivity index (χ1) is 47.1. The molecule has 0 aromatic heterocycles. The molecule has 1 aliphatic carbocycles. The zero-order valence-corrected chi connectivity index (χ0v) is 57.3. The van der Waals surface area contributed by atoms with Crippen molar-refractivity contribution in [2.24, 2.45) is 11.8 Å². The monoisotopic (exact) mass is 1250 g/mol. The molecule has 97 heavy (non-hydrogen) atoms. The van der Waals surface area contributed by atoms with Crippen LogP contribution in [0.4, 0.5) is 96.7 Å². The normalized spacial score (nSPS) is 15.3. The lowest BCUT2D eigenvalue weighted by atomic mass is 9.30. The van der Waals surface area contributed by atoms with Crippen molar-refractivity contribution < 1.29 is 0 Å². The van der Waals surface area contributed by atoms with Crippen molar-refractivity contribution in [3.8, 4) is 0 Å². The summed E-state index contributed by atoms with van der Waals surface area (Å²) in [5.41, 5.74) is 39.1. The van der Waals surface area contributed by atoms with Gasteiger partial charge in [0.15, 0.2) is 0 Å². The van der Waals surface area contributed by atoms with Crippen molar-refractivity contribution in [3.05, 3.63) is 317 Å². The van der Waals surface area contributed by atoms with Gasteiger partial charge in [-0.3, -0.25) is 0 Å². The van der Waals surface area contributed by atoms with Crippen molar-refractivity contribution in [1.82, 2.24) is 0 Å². The van der Waals surface area contributed by atoms with Gasteiger partial charge in [0.2, 0.25) is 0 Å². The van der Waals surface area contributed by atoms with E-state index in [1.54, 1.807) is 0 Å². The Morgan fingerprint density at radius 2 is 0.588 bits per heavy atom. The largest absolute Gasteiger partial charge is 0.312 e. The van der Waals surface area contributed by atoms with Crippen molar-refractivity contribution >= 4 is 143 Å². The molecule has 0 fully saturated rings. The third kappa shape index (κ3) is 10.0. The Balaban J connectivity index is 1.02. The van der Waals surface area contributed by atoms with E-state index >= 15 is 0 Å². The molecule has 5 aliphatic rings. The molecule has 6 nitrogen and oxygen atoms in total. The maximum Gasteiger partial charge on any atom is 0.252 e. The van der Waals surface area contributed by atoms with Crippen LogP contribution in [0.25, 0.3) is 0 Å². The summed E-state index contributed by atoms with van der Waals surface area (Å²) < 4.78 is 0. The second kappa shape index (κ2) is 23.2. The van der Waals surface area contributed by atoms with Gasteiger partial charge in [-0.15, -0.1) is 0 Å². The Labute approximate surface area is 573 Å². The van der Waals surface area contributed by atoms with Gasteiger partial charge in [0, 0.05) is 91.0 Å². The summed E-state index contributed by atoms with van der Waals surface area (Å²) in [7, 11) is 0. The number of nitrogens with zero attached hydrogens (tertiary/aromatic N) is 6. The summed E-state index contributed by atoms with van der Waals surface area (Å²) in [5.74, 6) is 0.636. The molecule has 0 radical (unpaired) electrons. The molecule has 0 saturated carbocycles. The first kappa shape index (κ1) is 59.8. The molecule has 470 valence electrons. The van der Waals surface area contributed by atoms with Gasteiger partial charge in [-0.25, -0.2) is 0 Å². The molecule has 12 aromatic carbocycles. The van der Waals surface area contributed by atoms with E-state index in [-0.39, 0.29) is 19.3 Å². The molecule has 4 aliphatic heterocycles. The number of fused-ring (bicyclic) bond motifs is 8. The fraction of sp³-hybridized carbons (Fsp3) is 0.146. The number of anilines is 17. The molecule has 8 heteroatoms. The van der Waals surface area contributed by atoms with E-state index < -0.39 is 0 Å². The molecular formula is C89H78B2N6. The van der Waals surface area contributed by atoms with Crippen LogP contribution in [0.5, 0.6) is 0 Å². The lowest BCUT2D eigenvalue weighted by Gasteiger charge is -2.48. The van der Waals surface area contributed by atoms with E-state index in [4.69, 9.17) is 0 Å². The van der Waals surface area contributed by atoms with E-state index in [0.717, 1.165) is 68.2 Å². The molecule has 0 bridgehead atoms. The van der Waals surface area contributed by atoms with Crippen LogP contribution in [0.3, 0.4) is 0 Å². The highest BCUT2D eigenvalue weighted by molar-refractivity contribution is 7.03. The average Bonchev–Trinajstić information content (AvgIpc) is 0.684. The quantitative estimate of drug-likeness (QED) is 0.126. The minimum atomic E-state index is -0.170. The number of hydrogen-bond acceptors (Lipinski definition) is 6. The van der Waals surface area contributed by atoms with Gasteiger partial charge in [0.25, 0.3) is 13.4 Å². The van der Waals surface area contributed by atoms with E-state index in [2.05, 4.69) is 366 Å². The van der Waals surface area contributed by atoms with Gasteiger partial charge in [-0.05, 0) is 290 Å². The maximum atomic E-state index is 2.69. The van der Waals surface area contributed by atoms with Crippen molar-refractivity contribution in [3.63, 3.8) is 0 Å². The van der Waals surface area contributed by atoms with Crippen LogP contribution >= 0.6 is 0 Å². The zero-order valence-electron chi connectivity index (χ0n) is 57.3. The highest BCUT2D eigenvalue weighted by Crippen LogP contribution is 2.53. The summed E-state index contributed by atoms with van der Waals surface area (Å²) in [4.78, 5) is 15.5. The fourth-order valence-electron chi connectivity index (χ4n) is 16.4. The zero-order chi connectivity index (χ0) is 66.2. The maximum absolute atomic E-state index is 2.69. The standard InChI is InChI=1S/C89H78B2N6/c1-55-19-12-26-66(39-55)92(67-27-13-20-56(2)40-67)74-49-84-88-86(51-74)96(72-32-18-25-61(7)45-72)82-54-83-79(53-78(82)90(88)76-37-33-62(8)46-80(76)94(84)70-30-16-23-59(5)43-70)91-77-38-34-63(9)47-81(77)95(71-31-17-24-60(6)44-71)85-50-75(52-87(89(85)91)97(83)73-36-35-64(10)65(11)48-73)93(68-28-14-21-57(3)41-68)69-29-15-22-58(4)42-69/h12-54,64-65H,1-11H3. The Bertz CT molecular complexity index is 5220. The molecule has 0 saturated heterocycles. The third-order valence-electron chi connectivity index (χ3n) is 21.0. The Morgan fingerprint density at radius 1 is 0.268 bits per heavy atom. The first-order valence-electron chi connectivity index (χ1n) is 34.5. The highest BCUT2D eigenvalue weighted by atomic mass is 15.2. The summed E-state index contributed by atoms with van der Waals surface area (Å²) in [6.07, 6.45) is 7.40. The lowest BCUT2D eigenvalue weighted by Crippen LogP contribution is -2.65. The topological polar surface area (TPSA) is 19.4 Å². The van der Waals surface area contributed by atoms with Crippen LogP contribution in [-0.2, 0) is 0 Å². The van der Waals surface area contributed by atoms with E-state index in [1.165, 1.54) is 117 Å². The molecule has 12 aromatic rings. The molecule has 17 rings (SSSR count). The number of rotatable bonds is 10. The molecule has 4 heterocycles. The molecule has 0 spiro atoms. The molecule has 2 atom stereocenters. The molecule has 2 unspecified atom stereocenters. The van der Waals surface area contributed by atoms with Crippen molar-refractivity contribution in [2.45, 2.75) is 76.2 Å². The lowest BCUT2D eigenvalue weighted by molar-refractivity contribution is 0.547. The predicted octanol–water partition coefficient (Wildman–Crippen LogP) is 20.0. The van der Waals surface area contributed by atoms with Crippen molar-refractivity contribution in [2.75, 3.05) is 29.4 Å². The Morgan fingerprint density at radius 3 is 0.938 bits per heavy atom. The van der Waals surface area contributed by atoms with Gasteiger partial charge < -0.3 is 29.4 Å². The second-order valence-corrected chi connectivity index (χ2v) is 28.3. The van der Waals surface area contributed by atoms with Crippen molar-refractivity contribution in [1.29, 1.82) is 0 Å². The van der Waals surface area contributed by atoms with Crippen LogP contribution in [0.15, 0.2) is 267 Å². The SMILES string of the molecule is Cc1cccc(N(c2cccc(C)c2)c2cc3c4c(c2)N(c2cccc(C)c2)c2cc(C)ccc2B4c2cc4c(cc2N3C2=CC(C)C(C)C=C2)N(c2cccc(C)c2)c2cc(N(c3cccc(C)c3)c3cccc(C)c3)cc3c2B4c2ccc(C)cc2N3c2cccc(C)c2)c1. The third-order valence-corrected chi connectivity index (χ3v) is 21.0. The molecular weight excluding hydrogens is 1170 g/mol. The second-order valence-electron chi connectivity index (χ2n) is 28.3. The molecule has 0 amide bonds.